The van der Waals surface area contributed by atoms with Gasteiger partial charge in [-0.3, -0.25) is 4.79 Å². The number of hydrogen-bond acceptors (Lipinski definition) is 4. The van der Waals surface area contributed by atoms with Crippen LogP contribution in [-0.2, 0) is 11.2 Å². The van der Waals surface area contributed by atoms with Crippen LogP contribution in [0.15, 0.2) is 42.5 Å². The van der Waals surface area contributed by atoms with Gasteiger partial charge in [0.2, 0.25) is 5.91 Å². The normalized spacial score (nSPS) is 10.7. The van der Waals surface area contributed by atoms with Crippen molar-refractivity contribution in [2.75, 3.05) is 19.0 Å². The van der Waals surface area contributed by atoms with Gasteiger partial charge in [-0.1, -0.05) is 37.6 Å². The number of amides is 1. The second kappa shape index (κ2) is 10.4. The van der Waals surface area contributed by atoms with Crippen molar-refractivity contribution in [3.05, 3.63) is 58.6 Å². The third kappa shape index (κ3) is 6.33. The Balaban J connectivity index is 2.07. The molecule has 0 aliphatic carbocycles. The van der Waals surface area contributed by atoms with Crippen molar-refractivity contribution in [1.82, 2.24) is 0 Å². The molecule has 0 spiro atoms. The molecule has 2 aromatic rings. The maximum atomic E-state index is 12.1. The lowest BCUT2D eigenvalue weighted by Gasteiger charge is -2.14. The number of carbonyl (C=O) groups is 1. The van der Waals surface area contributed by atoms with Crippen LogP contribution >= 0.6 is 11.6 Å². The maximum Gasteiger partial charge on any atom is 0.248 e. The Bertz CT molecular complexity index is 884. The predicted molar refractivity (Wildman–Crippen MR) is 112 cm³/mol. The monoisotopic (exact) mass is 398 g/mol. The van der Waals surface area contributed by atoms with Crippen molar-refractivity contribution in [3.63, 3.8) is 0 Å². The molecule has 1 N–H and O–H groups in total. The number of carbonyl (C=O) groups excluding carboxylic acids is 1. The van der Waals surface area contributed by atoms with E-state index in [1.165, 1.54) is 6.08 Å². The van der Waals surface area contributed by atoms with Gasteiger partial charge in [-0.25, -0.2) is 0 Å². The summed E-state index contributed by atoms with van der Waals surface area (Å²) in [5, 5.41) is 11.9. The molecular weight excluding hydrogens is 376 g/mol. The number of nitriles is 1. The molecule has 0 fully saturated rings. The molecule has 6 heteroatoms. The minimum absolute atomic E-state index is 0.275. The summed E-state index contributed by atoms with van der Waals surface area (Å²) in [4.78, 5) is 12.1. The lowest BCUT2D eigenvalue weighted by Crippen LogP contribution is -2.07. The molecular formula is C22H23ClN2O3. The smallest absolute Gasteiger partial charge is 0.248 e. The third-order valence-electron chi connectivity index (χ3n) is 3.74. The lowest BCUT2D eigenvalue weighted by molar-refractivity contribution is -0.111. The first-order chi connectivity index (χ1) is 13.4. The average Bonchev–Trinajstić information content (AvgIpc) is 2.66. The maximum absolute atomic E-state index is 12.1. The van der Waals surface area contributed by atoms with Gasteiger partial charge in [0.05, 0.1) is 31.2 Å². The van der Waals surface area contributed by atoms with Crippen LogP contribution < -0.4 is 14.8 Å². The van der Waals surface area contributed by atoms with Crippen LogP contribution in [0.3, 0.4) is 0 Å². The van der Waals surface area contributed by atoms with E-state index in [1.54, 1.807) is 37.5 Å². The van der Waals surface area contributed by atoms with Crippen LogP contribution in [0.2, 0.25) is 5.02 Å². The Labute approximate surface area is 170 Å². The Hall–Kier alpha value is -2.97. The van der Waals surface area contributed by atoms with Gasteiger partial charge in [-0.2, -0.15) is 5.26 Å². The van der Waals surface area contributed by atoms with Gasteiger partial charge in [-0.15, -0.1) is 0 Å². The number of ether oxygens (including phenoxy) is 2. The summed E-state index contributed by atoms with van der Waals surface area (Å²) in [5.41, 5.74) is 2.28. The largest absolute Gasteiger partial charge is 0.493 e. The molecule has 146 valence electrons. The van der Waals surface area contributed by atoms with Gasteiger partial charge in [0.1, 0.15) is 0 Å². The van der Waals surface area contributed by atoms with Gasteiger partial charge in [0, 0.05) is 11.8 Å². The number of hydrogen-bond donors (Lipinski definition) is 1. The van der Waals surface area contributed by atoms with Gasteiger partial charge < -0.3 is 14.8 Å². The Morgan fingerprint density at radius 2 is 2.00 bits per heavy atom. The number of methoxy groups -OCH3 is 1. The molecule has 2 rings (SSSR count). The van der Waals surface area contributed by atoms with Gasteiger partial charge in [0.25, 0.3) is 0 Å². The highest BCUT2D eigenvalue weighted by Gasteiger charge is 2.12. The van der Waals surface area contributed by atoms with E-state index in [2.05, 4.69) is 11.4 Å². The molecule has 0 aromatic heterocycles. The van der Waals surface area contributed by atoms with Crippen molar-refractivity contribution in [2.24, 2.45) is 5.92 Å². The number of nitrogens with one attached hydrogen (secondary N) is 1. The molecule has 2 aromatic carbocycles. The fourth-order valence-corrected chi connectivity index (χ4v) is 2.65. The van der Waals surface area contributed by atoms with Crippen LogP contribution in [0.1, 0.15) is 25.0 Å². The summed E-state index contributed by atoms with van der Waals surface area (Å²) >= 11 is 6.32. The second-order valence-electron chi connectivity index (χ2n) is 6.59. The third-order valence-corrected chi connectivity index (χ3v) is 4.03. The molecule has 0 bridgehead atoms. The Morgan fingerprint density at radius 3 is 2.61 bits per heavy atom. The van der Waals surface area contributed by atoms with Crippen LogP contribution in [0.25, 0.3) is 6.08 Å². The van der Waals surface area contributed by atoms with Crippen molar-refractivity contribution in [3.8, 4) is 17.6 Å². The molecule has 0 saturated heterocycles. The first kappa shape index (κ1) is 21.3. The van der Waals surface area contributed by atoms with Gasteiger partial charge in [-0.05, 0) is 47.4 Å². The average molecular weight is 399 g/mol. The van der Waals surface area contributed by atoms with E-state index >= 15 is 0 Å². The predicted octanol–water partition coefficient (Wildman–Crippen LogP) is 5.10. The summed E-state index contributed by atoms with van der Waals surface area (Å²) in [6, 6.07) is 12.7. The van der Waals surface area contributed by atoms with Crippen molar-refractivity contribution >= 4 is 29.3 Å². The Morgan fingerprint density at radius 1 is 1.29 bits per heavy atom. The van der Waals surface area contributed by atoms with Crippen molar-refractivity contribution < 1.29 is 14.3 Å². The summed E-state index contributed by atoms with van der Waals surface area (Å²) in [6.07, 6.45) is 3.41. The molecule has 0 radical (unpaired) electrons. The molecule has 28 heavy (non-hydrogen) atoms. The molecule has 0 heterocycles. The summed E-state index contributed by atoms with van der Waals surface area (Å²) < 4.78 is 11.1. The molecule has 1 amide bonds. The molecule has 0 saturated carbocycles. The standard InChI is InChI=1S/C22H23ClN2O3/c1-15(2)14-28-22-19(23)12-17(13-20(22)27-3)6-9-21(26)25-18-7-4-16(5-8-18)10-11-24/h4-9,12-13,15H,10,14H2,1-3H3,(H,25,26)/b9-6+. The summed E-state index contributed by atoms with van der Waals surface area (Å²) in [5.74, 6) is 1.10. The quantitative estimate of drug-likeness (QED) is 0.628. The first-order valence-electron chi connectivity index (χ1n) is 8.88. The summed E-state index contributed by atoms with van der Waals surface area (Å²) in [7, 11) is 1.55. The lowest BCUT2D eigenvalue weighted by atomic mass is 10.1. The van der Waals surface area contributed by atoms with E-state index in [9.17, 15) is 4.79 Å². The zero-order chi connectivity index (χ0) is 20.5. The number of anilines is 1. The van der Waals surface area contributed by atoms with E-state index in [1.807, 2.05) is 26.0 Å². The van der Waals surface area contributed by atoms with E-state index in [0.29, 0.717) is 41.2 Å². The number of nitrogens with zero attached hydrogens (tertiary/aromatic N) is 1. The highest BCUT2D eigenvalue weighted by Crippen LogP contribution is 2.37. The topological polar surface area (TPSA) is 71.3 Å². The van der Waals surface area contributed by atoms with Crippen molar-refractivity contribution in [1.29, 1.82) is 5.26 Å². The van der Waals surface area contributed by atoms with E-state index in [0.717, 1.165) is 11.1 Å². The molecule has 5 nitrogen and oxygen atoms in total. The molecule has 0 aliphatic rings. The number of benzene rings is 2. The minimum Gasteiger partial charge on any atom is -0.493 e. The van der Waals surface area contributed by atoms with Crippen LogP contribution in [0, 0.1) is 17.2 Å². The summed E-state index contributed by atoms with van der Waals surface area (Å²) in [6.45, 7) is 4.63. The fraction of sp³-hybridized carbons (Fsp3) is 0.273. The number of rotatable bonds is 8. The Kier molecular flexibility index (Phi) is 7.91. The van der Waals surface area contributed by atoms with Gasteiger partial charge in [0.15, 0.2) is 11.5 Å². The number of halogens is 1. The first-order valence-corrected chi connectivity index (χ1v) is 9.26. The zero-order valence-corrected chi connectivity index (χ0v) is 16.9. The fourth-order valence-electron chi connectivity index (χ4n) is 2.38. The van der Waals surface area contributed by atoms with E-state index in [4.69, 9.17) is 26.3 Å². The molecule has 0 atom stereocenters. The van der Waals surface area contributed by atoms with E-state index < -0.39 is 0 Å². The van der Waals surface area contributed by atoms with E-state index in [-0.39, 0.29) is 5.91 Å². The molecule has 0 aliphatic heterocycles. The van der Waals surface area contributed by atoms with Crippen LogP contribution in [0.4, 0.5) is 5.69 Å². The molecule has 0 unspecified atom stereocenters. The van der Waals surface area contributed by atoms with Crippen LogP contribution in [-0.4, -0.2) is 19.6 Å². The van der Waals surface area contributed by atoms with Gasteiger partial charge >= 0.3 is 0 Å². The second-order valence-corrected chi connectivity index (χ2v) is 7.00. The highest BCUT2D eigenvalue weighted by atomic mass is 35.5. The highest BCUT2D eigenvalue weighted by molar-refractivity contribution is 6.32. The van der Waals surface area contributed by atoms with Crippen LogP contribution in [0.5, 0.6) is 11.5 Å². The SMILES string of the molecule is COc1cc(/C=C/C(=O)Nc2ccc(CC#N)cc2)cc(Cl)c1OCC(C)C. The minimum atomic E-state index is -0.275. The zero-order valence-electron chi connectivity index (χ0n) is 16.2. The van der Waals surface area contributed by atoms with Crippen molar-refractivity contribution in [2.45, 2.75) is 20.3 Å².